The average molecular weight is 441 g/mol. The Kier molecular flexibility index (Phi) is 5.82. The number of thiophene rings is 1. The molecule has 2 aromatic heterocycles. The second-order valence-electron chi connectivity index (χ2n) is 8.15. The molecule has 0 N–H and O–H groups in total. The minimum absolute atomic E-state index is 0.0798. The van der Waals surface area contributed by atoms with E-state index in [1.54, 1.807) is 23.5 Å². The van der Waals surface area contributed by atoms with Gasteiger partial charge < -0.3 is 14.2 Å². The molecule has 0 saturated carbocycles. The van der Waals surface area contributed by atoms with E-state index in [0.29, 0.717) is 24.5 Å². The average Bonchev–Trinajstić information content (AvgIpc) is 3.38. The highest BCUT2D eigenvalue weighted by Crippen LogP contribution is 2.38. The third-order valence-electron chi connectivity index (χ3n) is 6.18. The lowest BCUT2D eigenvalue weighted by atomic mass is 9.95. The molecule has 0 unspecified atom stereocenters. The Labute approximate surface area is 184 Å². The molecule has 0 aliphatic carbocycles. The summed E-state index contributed by atoms with van der Waals surface area (Å²) in [4.78, 5) is 15.8. The summed E-state index contributed by atoms with van der Waals surface area (Å²) in [6.45, 7) is 4.33. The van der Waals surface area contributed by atoms with Crippen molar-refractivity contribution in [3.8, 4) is 16.5 Å². The van der Waals surface area contributed by atoms with Gasteiger partial charge in [-0.1, -0.05) is 0 Å². The summed E-state index contributed by atoms with van der Waals surface area (Å²) in [7, 11) is 0. The van der Waals surface area contributed by atoms with Crippen LogP contribution >= 0.6 is 11.3 Å². The van der Waals surface area contributed by atoms with Crippen LogP contribution in [-0.4, -0.2) is 51.7 Å². The molecule has 0 bridgehead atoms. The van der Waals surface area contributed by atoms with E-state index in [-0.39, 0.29) is 11.6 Å². The molecule has 5 rings (SSSR count). The van der Waals surface area contributed by atoms with Crippen molar-refractivity contribution in [2.24, 2.45) is 0 Å². The maximum atomic E-state index is 13.0. The van der Waals surface area contributed by atoms with Crippen molar-refractivity contribution in [2.75, 3.05) is 26.2 Å². The molecule has 2 aliphatic rings. The molecule has 1 fully saturated rings. The van der Waals surface area contributed by atoms with Gasteiger partial charge in [-0.2, -0.15) is 0 Å². The van der Waals surface area contributed by atoms with Crippen LogP contribution in [0, 0.1) is 5.82 Å². The van der Waals surface area contributed by atoms with Gasteiger partial charge in [0.1, 0.15) is 28.9 Å². The van der Waals surface area contributed by atoms with E-state index in [0.717, 1.165) is 67.7 Å². The Balaban J connectivity index is 1.14. The summed E-state index contributed by atoms with van der Waals surface area (Å²) in [5.41, 5.74) is 0.588. The SMILES string of the molecule is O=C(CCCN1CCC(c2nnc3n2CCOc2ccsc2-3)CC1)c1ccc(F)cc1. The van der Waals surface area contributed by atoms with Crippen molar-refractivity contribution < 1.29 is 13.9 Å². The van der Waals surface area contributed by atoms with E-state index in [1.165, 1.54) is 12.1 Å². The van der Waals surface area contributed by atoms with Gasteiger partial charge in [0.2, 0.25) is 0 Å². The number of fused-ring (bicyclic) bond motifs is 3. The largest absolute Gasteiger partial charge is 0.490 e. The van der Waals surface area contributed by atoms with Crippen LogP contribution in [-0.2, 0) is 6.54 Å². The van der Waals surface area contributed by atoms with Crippen LogP contribution < -0.4 is 4.74 Å². The zero-order chi connectivity index (χ0) is 21.2. The normalized spacial score (nSPS) is 16.9. The van der Waals surface area contributed by atoms with Gasteiger partial charge in [0, 0.05) is 17.9 Å². The zero-order valence-electron chi connectivity index (χ0n) is 17.3. The number of aromatic nitrogens is 3. The van der Waals surface area contributed by atoms with Gasteiger partial charge in [-0.05, 0) is 74.6 Å². The Bertz CT molecular complexity index is 1050. The molecule has 6 nitrogen and oxygen atoms in total. The molecular weight excluding hydrogens is 415 g/mol. The summed E-state index contributed by atoms with van der Waals surface area (Å²) < 4.78 is 21.1. The predicted octanol–water partition coefficient (Wildman–Crippen LogP) is 4.38. The predicted molar refractivity (Wildman–Crippen MR) is 117 cm³/mol. The monoisotopic (exact) mass is 440 g/mol. The minimum Gasteiger partial charge on any atom is -0.490 e. The first-order chi connectivity index (χ1) is 15.2. The minimum atomic E-state index is -0.313. The standard InChI is InChI=1S/C23H25FN4O2S/c24-18-5-3-16(4-6-18)19(29)2-1-10-27-11-7-17(8-12-27)22-25-26-23-21-20(9-15-31-21)30-14-13-28(22)23/h3-6,9,15,17H,1-2,7-8,10-14H2. The zero-order valence-corrected chi connectivity index (χ0v) is 18.1. The number of likely N-dealkylation sites (tertiary alicyclic amines) is 1. The fourth-order valence-corrected chi connectivity index (χ4v) is 5.31. The molecule has 2 aliphatic heterocycles. The van der Waals surface area contributed by atoms with Crippen LogP contribution in [0.1, 0.15) is 47.8 Å². The second kappa shape index (κ2) is 8.88. The van der Waals surface area contributed by atoms with Crippen molar-refractivity contribution in [2.45, 2.75) is 38.1 Å². The van der Waals surface area contributed by atoms with E-state index >= 15 is 0 Å². The molecule has 31 heavy (non-hydrogen) atoms. The van der Waals surface area contributed by atoms with Gasteiger partial charge in [-0.3, -0.25) is 4.79 Å². The third-order valence-corrected chi connectivity index (χ3v) is 7.07. The molecule has 0 atom stereocenters. The van der Waals surface area contributed by atoms with Gasteiger partial charge >= 0.3 is 0 Å². The number of nitrogens with zero attached hydrogens (tertiary/aromatic N) is 4. The lowest BCUT2D eigenvalue weighted by molar-refractivity contribution is 0.0972. The van der Waals surface area contributed by atoms with Crippen LogP contribution in [0.3, 0.4) is 0 Å². The number of hydrogen-bond donors (Lipinski definition) is 0. The Morgan fingerprint density at radius 2 is 1.94 bits per heavy atom. The molecule has 4 heterocycles. The highest BCUT2D eigenvalue weighted by atomic mass is 32.1. The van der Waals surface area contributed by atoms with Gasteiger partial charge in [-0.25, -0.2) is 4.39 Å². The number of Topliss-reactive ketones (excluding diaryl/α,β-unsaturated/α-hetero) is 1. The van der Waals surface area contributed by atoms with Crippen molar-refractivity contribution in [3.05, 3.63) is 52.9 Å². The van der Waals surface area contributed by atoms with Crippen molar-refractivity contribution in [3.63, 3.8) is 0 Å². The van der Waals surface area contributed by atoms with Gasteiger partial charge in [0.15, 0.2) is 11.6 Å². The van der Waals surface area contributed by atoms with E-state index in [1.807, 2.05) is 11.4 Å². The number of ketones is 1. The molecule has 1 saturated heterocycles. The van der Waals surface area contributed by atoms with E-state index in [9.17, 15) is 9.18 Å². The molecular formula is C23H25FN4O2S. The lowest BCUT2D eigenvalue weighted by Crippen LogP contribution is -2.34. The van der Waals surface area contributed by atoms with E-state index in [4.69, 9.17) is 4.74 Å². The number of carbonyl (C=O) groups excluding carboxylic acids is 1. The highest BCUT2D eigenvalue weighted by Gasteiger charge is 2.28. The van der Waals surface area contributed by atoms with Crippen LogP contribution in [0.15, 0.2) is 35.7 Å². The molecule has 0 amide bonds. The first-order valence-electron chi connectivity index (χ1n) is 10.8. The van der Waals surface area contributed by atoms with Crippen molar-refractivity contribution >= 4 is 17.1 Å². The van der Waals surface area contributed by atoms with Crippen LogP contribution in [0.5, 0.6) is 5.75 Å². The van der Waals surface area contributed by atoms with E-state index in [2.05, 4.69) is 19.7 Å². The topological polar surface area (TPSA) is 60.2 Å². The summed E-state index contributed by atoms with van der Waals surface area (Å²) in [5, 5.41) is 11.1. The molecule has 3 aromatic rings. The molecule has 1 aromatic carbocycles. The van der Waals surface area contributed by atoms with E-state index < -0.39 is 0 Å². The number of carbonyl (C=O) groups is 1. The fraction of sp³-hybridized carbons (Fsp3) is 0.435. The Morgan fingerprint density at radius 3 is 2.74 bits per heavy atom. The number of halogens is 1. The number of rotatable bonds is 6. The molecule has 162 valence electrons. The lowest BCUT2D eigenvalue weighted by Gasteiger charge is -2.31. The second-order valence-corrected chi connectivity index (χ2v) is 9.06. The molecule has 0 radical (unpaired) electrons. The van der Waals surface area contributed by atoms with Crippen molar-refractivity contribution in [1.82, 2.24) is 19.7 Å². The van der Waals surface area contributed by atoms with Gasteiger partial charge in [-0.15, -0.1) is 21.5 Å². The van der Waals surface area contributed by atoms with Crippen molar-refractivity contribution in [1.29, 1.82) is 0 Å². The maximum absolute atomic E-state index is 13.0. The quantitative estimate of drug-likeness (QED) is 0.533. The Morgan fingerprint density at radius 1 is 1.13 bits per heavy atom. The summed E-state index contributed by atoms with van der Waals surface area (Å²) >= 11 is 1.65. The smallest absolute Gasteiger partial charge is 0.178 e. The maximum Gasteiger partial charge on any atom is 0.178 e. The van der Waals surface area contributed by atoms with Crippen LogP contribution in [0.4, 0.5) is 4.39 Å². The Hall–Kier alpha value is -2.58. The first-order valence-corrected chi connectivity index (χ1v) is 11.7. The molecule has 8 heteroatoms. The summed E-state index contributed by atoms with van der Waals surface area (Å²) in [6, 6.07) is 7.82. The first kappa shape index (κ1) is 20.3. The fourth-order valence-electron chi connectivity index (χ4n) is 4.48. The highest BCUT2D eigenvalue weighted by molar-refractivity contribution is 7.13. The third kappa shape index (κ3) is 4.27. The number of piperidine rings is 1. The summed E-state index contributed by atoms with van der Waals surface area (Å²) in [6.07, 6.45) is 3.40. The number of benzene rings is 1. The van der Waals surface area contributed by atoms with Crippen LogP contribution in [0.2, 0.25) is 0 Å². The number of ether oxygens (including phenoxy) is 1. The number of hydrogen-bond acceptors (Lipinski definition) is 6. The van der Waals surface area contributed by atoms with Gasteiger partial charge in [0.05, 0.1) is 6.54 Å². The van der Waals surface area contributed by atoms with Gasteiger partial charge in [0.25, 0.3) is 0 Å². The molecule has 0 spiro atoms. The summed E-state index contributed by atoms with van der Waals surface area (Å²) in [5.74, 6) is 3.08. The van der Waals surface area contributed by atoms with Crippen LogP contribution in [0.25, 0.3) is 10.7 Å².